The van der Waals surface area contributed by atoms with Crippen molar-refractivity contribution in [1.82, 2.24) is 0 Å². The molecule has 1 N–H and O–H groups in total. The topological polar surface area (TPSA) is 20.2 Å². The molecule has 0 heterocycles. The van der Waals surface area contributed by atoms with E-state index in [0.717, 1.165) is 23.5 Å². The van der Waals surface area contributed by atoms with Crippen molar-refractivity contribution >= 4 is 0 Å². The van der Waals surface area contributed by atoms with Crippen LogP contribution in [0.25, 0.3) is 0 Å². The molecule has 1 nitrogen and oxygen atoms in total. The molecule has 0 amide bonds. The van der Waals surface area contributed by atoms with E-state index in [1.165, 1.54) is 50.5 Å². The normalized spacial score (nSPS) is 12.8. The first-order chi connectivity index (χ1) is 11.9. The predicted octanol–water partition coefficient (Wildman–Crippen LogP) is 7.92. The van der Waals surface area contributed by atoms with Gasteiger partial charge in [-0.3, -0.25) is 0 Å². The molecule has 0 fully saturated rings. The van der Waals surface area contributed by atoms with Gasteiger partial charge in [-0.15, -0.1) is 0 Å². The lowest BCUT2D eigenvalue weighted by atomic mass is 9.78. The van der Waals surface area contributed by atoms with Crippen molar-refractivity contribution in [1.29, 1.82) is 0 Å². The number of unbranched alkanes of at least 4 members (excludes halogenated alkanes) is 5. The van der Waals surface area contributed by atoms with E-state index in [1.807, 2.05) is 0 Å². The smallest absolute Gasteiger partial charge is 0.123 e. The second-order valence-corrected chi connectivity index (χ2v) is 10.6. The average molecular weight is 361 g/mol. The SMILES string of the molecule is CC(C)CCCCCCCCc1cc(C(C)(C)C)c(O)c(C(C)(C)C)c1. The molecule has 1 aromatic carbocycles. The molecular formula is C25H44O. The Hall–Kier alpha value is -0.980. The van der Waals surface area contributed by atoms with Crippen LogP contribution in [0, 0.1) is 5.92 Å². The van der Waals surface area contributed by atoms with E-state index >= 15 is 0 Å². The second-order valence-electron chi connectivity index (χ2n) is 10.6. The highest BCUT2D eigenvalue weighted by molar-refractivity contribution is 5.49. The maximum absolute atomic E-state index is 10.8. The van der Waals surface area contributed by atoms with Gasteiger partial charge in [0.15, 0.2) is 0 Å². The van der Waals surface area contributed by atoms with Crippen LogP contribution in [-0.2, 0) is 17.3 Å². The largest absolute Gasteiger partial charge is 0.507 e. The van der Waals surface area contributed by atoms with Gasteiger partial charge in [0.25, 0.3) is 0 Å². The summed E-state index contributed by atoms with van der Waals surface area (Å²) in [6, 6.07) is 4.49. The Morgan fingerprint density at radius 3 is 1.58 bits per heavy atom. The standard InChI is InChI=1S/C25H44O/c1-19(2)15-13-11-9-10-12-14-16-20-17-21(24(3,4)5)23(26)22(18-20)25(6,7)8/h17-19,26H,9-16H2,1-8H3. The third-order valence-corrected chi connectivity index (χ3v) is 5.28. The zero-order valence-electron chi connectivity index (χ0n) is 18.8. The minimum atomic E-state index is -0.0312. The summed E-state index contributed by atoms with van der Waals surface area (Å²) in [6.45, 7) is 17.8. The van der Waals surface area contributed by atoms with Crippen LogP contribution in [0.3, 0.4) is 0 Å². The monoisotopic (exact) mass is 360 g/mol. The minimum absolute atomic E-state index is 0.0312. The summed E-state index contributed by atoms with van der Waals surface area (Å²) in [4.78, 5) is 0. The Balaban J connectivity index is 2.64. The zero-order valence-corrected chi connectivity index (χ0v) is 18.8. The summed E-state index contributed by atoms with van der Waals surface area (Å²) >= 11 is 0. The van der Waals surface area contributed by atoms with E-state index in [-0.39, 0.29) is 10.8 Å². The maximum atomic E-state index is 10.8. The number of benzene rings is 1. The summed E-state index contributed by atoms with van der Waals surface area (Å²) in [5.74, 6) is 1.34. The molecule has 0 saturated carbocycles. The summed E-state index contributed by atoms with van der Waals surface area (Å²) in [6.07, 6.45) is 10.6. The van der Waals surface area contributed by atoms with Crippen LogP contribution in [0.1, 0.15) is 117 Å². The highest BCUT2D eigenvalue weighted by Gasteiger charge is 2.26. The van der Waals surface area contributed by atoms with Crippen LogP contribution >= 0.6 is 0 Å². The molecule has 26 heavy (non-hydrogen) atoms. The van der Waals surface area contributed by atoms with Crippen LogP contribution in [-0.4, -0.2) is 5.11 Å². The lowest BCUT2D eigenvalue weighted by molar-refractivity contribution is 0.422. The summed E-state index contributed by atoms with van der Waals surface area (Å²) in [5.41, 5.74) is 3.51. The fraction of sp³-hybridized carbons (Fsp3) is 0.760. The summed E-state index contributed by atoms with van der Waals surface area (Å²) in [7, 11) is 0. The van der Waals surface area contributed by atoms with Gasteiger partial charge in [-0.2, -0.15) is 0 Å². The molecule has 0 spiro atoms. The zero-order chi connectivity index (χ0) is 20.0. The number of phenolic OH excluding ortho intramolecular Hbond substituents is 1. The number of hydrogen-bond donors (Lipinski definition) is 1. The van der Waals surface area contributed by atoms with E-state index in [2.05, 4.69) is 67.5 Å². The van der Waals surface area contributed by atoms with Gasteiger partial charge in [0.1, 0.15) is 5.75 Å². The molecule has 150 valence electrons. The first kappa shape index (κ1) is 23.1. The van der Waals surface area contributed by atoms with E-state index in [4.69, 9.17) is 0 Å². The van der Waals surface area contributed by atoms with Crippen molar-refractivity contribution in [3.05, 3.63) is 28.8 Å². The number of phenols is 1. The summed E-state index contributed by atoms with van der Waals surface area (Å²) in [5, 5.41) is 10.8. The molecular weight excluding hydrogens is 316 g/mol. The molecule has 0 aromatic heterocycles. The third-order valence-electron chi connectivity index (χ3n) is 5.28. The molecule has 0 atom stereocenters. The third kappa shape index (κ3) is 7.72. The highest BCUT2D eigenvalue weighted by atomic mass is 16.3. The maximum Gasteiger partial charge on any atom is 0.123 e. The van der Waals surface area contributed by atoms with Gasteiger partial charge in [0.2, 0.25) is 0 Å². The molecule has 1 heteroatoms. The van der Waals surface area contributed by atoms with Crippen molar-refractivity contribution in [2.75, 3.05) is 0 Å². The highest BCUT2D eigenvalue weighted by Crippen LogP contribution is 2.40. The number of hydrogen-bond acceptors (Lipinski definition) is 1. The fourth-order valence-corrected chi connectivity index (χ4v) is 3.57. The first-order valence-corrected chi connectivity index (χ1v) is 10.8. The van der Waals surface area contributed by atoms with E-state index in [0.29, 0.717) is 5.75 Å². The van der Waals surface area contributed by atoms with Crippen LogP contribution in [0.5, 0.6) is 5.75 Å². The molecule has 0 saturated heterocycles. The van der Waals surface area contributed by atoms with Crippen LogP contribution in [0.2, 0.25) is 0 Å². The number of aryl methyl sites for hydroxylation is 1. The number of rotatable bonds is 9. The molecule has 0 bridgehead atoms. The van der Waals surface area contributed by atoms with Crippen molar-refractivity contribution in [2.24, 2.45) is 5.92 Å². The quantitative estimate of drug-likeness (QED) is 0.443. The van der Waals surface area contributed by atoms with E-state index in [9.17, 15) is 5.11 Å². The molecule has 0 aliphatic rings. The van der Waals surface area contributed by atoms with Crippen molar-refractivity contribution < 1.29 is 5.11 Å². The van der Waals surface area contributed by atoms with Gasteiger partial charge < -0.3 is 5.11 Å². The second kappa shape index (κ2) is 9.81. The van der Waals surface area contributed by atoms with E-state index in [1.54, 1.807) is 0 Å². The Kier molecular flexibility index (Phi) is 8.70. The Morgan fingerprint density at radius 2 is 1.15 bits per heavy atom. The predicted molar refractivity (Wildman–Crippen MR) is 116 cm³/mol. The van der Waals surface area contributed by atoms with Gasteiger partial charge in [-0.1, -0.05) is 106 Å². The Morgan fingerprint density at radius 1 is 0.731 bits per heavy atom. The first-order valence-electron chi connectivity index (χ1n) is 10.8. The van der Waals surface area contributed by atoms with Crippen LogP contribution in [0.15, 0.2) is 12.1 Å². The van der Waals surface area contributed by atoms with Crippen molar-refractivity contribution in [3.63, 3.8) is 0 Å². The molecule has 0 radical (unpaired) electrons. The van der Waals surface area contributed by atoms with Crippen LogP contribution in [0.4, 0.5) is 0 Å². The Labute approximate surface area is 163 Å². The summed E-state index contributed by atoms with van der Waals surface area (Å²) < 4.78 is 0. The van der Waals surface area contributed by atoms with E-state index < -0.39 is 0 Å². The van der Waals surface area contributed by atoms with Gasteiger partial charge in [0.05, 0.1) is 0 Å². The van der Waals surface area contributed by atoms with Gasteiger partial charge >= 0.3 is 0 Å². The minimum Gasteiger partial charge on any atom is -0.507 e. The van der Waals surface area contributed by atoms with Gasteiger partial charge in [0, 0.05) is 0 Å². The number of aromatic hydroxyl groups is 1. The average Bonchev–Trinajstić information content (AvgIpc) is 2.48. The molecule has 0 unspecified atom stereocenters. The molecule has 1 rings (SSSR count). The van der Waals surface area contributed by atoms with Gasteiger partial charge in [-0.05, 0) is 46.3 Å². The lowest BCUT2D eigenvalue weighted by Gasteiger charge is -2.28. The lowest BCUT2D eigenvalue weighted by Crippen LogP contribution is -2.18. The van der Waals surface area contributed by atoms with Crippen molar-refractivity contribution in [3.8, 4) is 5.75 Å². The Bertz CT molecular complexity index is 505. The van der Waals surface area contributed by atoms with Crippen LogP contribution < -0.4 is 0 Å². The molecule has 0 aliphatic heterocycles. The van der Waals surface area contributed by atoms with Crippen molar-refractivity contribution in [2.45, 2.75) is 118 Å². The molecule has 1 aromatic rings. The fourth-order valence-electron chi connectivity index (χ4n) is 3.57. The molecule has 0 aliphatic carbocycles. The van der Waals surface area contributed by atoms with Gasteiger partial charge in [-0.25, -0.2) is 0 Å².